The third-order valence-corrected chi connectivity index (χ3v) is 2.75. The standard InChI is InChI=1S/C11H20N4O/c1-9-7-15(6-4-10(9)16)8-14-11(12)3-5-13-2/h3,5,9-10,16H,2,4,6-8H2,1H3,(H2,12,14)/b5-3-. The number of piperidine rings is 1. The van der Waals surface area contributed by atoms with Crippen molar-refractivity contribution in [3.05, 3.63) is 12.3 Å². The number of aliphatic hydroxyl groups is 1. The summed E-state index contributed by atoms with van der Waals surface area (Å²) < 4.78 is 0. The van der Waals surface area contributed by atoms with Gasteiger partial charge in [-0.2, -0.15) is 0 Å². The van der Waals surface area contributed by atoms with Gasteiger partial charge in [0, 0.05) is 19.3 Å². The van der Waals surface area contributed by atoms with Gasteiger partial charge in [0.15, 0.2) is 0 Å². The molecule has 1 aliphatic heterocycles. The summed E-state index contributed by atoms with van der Waals surface area (Å²) in [6.45, 7) is 7.67. The van der Waals surface area contributed by atoms with E-state index in [1.165, 1.54) is 6.20 Å². The van der Waals surface area contributed by atoms with Crippen LogP contribution in [0.15, 0.2) is 22.3 Å². The average molecular weight is 224 g/mol. The van der Waals surface area contributed by atoms with Crippen molar-refractivity contribution in [3.8, 4) is 0 Å². The Morgan fingerprint density at radius 3 is 3.06 bits per heavy atom. The second-order valence-corrected chi connectivity index (χ2v) is 4.13. The summed E-state index contributed by atoms with van der Waals surface area (Å²) in [5.41, 5.74) is 5.64. The minimum atomic E-state index is -0.178. The minimum absolute atomic E-state index is 0.178. The Morgan fingerprint density at radius 2 is 2.44 bits per heavy atom. The highest BCUT2D eigenvalue weighted by molar-refractivity contribution is 5.91. The number of amidine groups is 1. The van der Waals surface area contributed by atoms with E-state index in [1.807, 2.05) is 6.92 Å². The van der Waals surface area contributed by atoms with Gasteiger partial charge in [0.25, 0.3) is 0 Å². The maximum absolute atomic E-state index is 9.57. The molecule has 0 aliphatic carbocycles. The Labute approximate surface area is 96.4 Å². The van der Waals surface area contributed by atoms with Gasteiger partial charge in [-0.25, -0.2) is 0 Å². The first-order valence-corrected chi connectivity index (χ1v) is 5.46. The van der Waals surface area contributed by atoms with Gasteiger partial charge < -0.3 is 10.8 Å². The van der Waals surface area contributed by atoms with Crippen LogP contribution in [-0.4, -0.2) is 48.4 Å². The van der Waals surface area contributed by atoms with E-state index in [-0.39, 0.29) is 6.10 Å². The van der Waals surface area contributed by atoms with E-state index < -0.39 is 0 Å². The lowest BCUT2D eigenvalue weighted by atomic mass is 9.97. The Kier molecular flexibility index (Phi) is 5.14. The zero-order valence-corrected chi connectivity index (χ0v) is 9.71. The summed E-state index contributed by atoms with van der Waals surface area (Å²) in [7, 11) is 0. The van der Waals surface area contributed by atoms with Crippen LogP contribution in [0.1, 0.15) is 13.3 Å². The molecule has 0 aromatic heterocycles. The van der Waals surface area contributed by atoms with Crippen LogP contribution in [0.2, 0.25) is 0 Å². The molecule has 0 saturated carbocycles. The number of aliphatic imine (C=N–C) groups is 2. The third-order valence-electron chi connectivity index (χ3n) is 2.75. The monoisotopic (exact) mass is 224 g/mol. The van der Waals surface area contributed by atoms with Gasteiger partial charge in [0.1, 0.15) is 5.84 Å². The summed E-state index contributed by atoms with van der Waals surface area (Å²) in [4.78, 5) is 9.94. The zero-order valence-electron chi connectivity index (χ0n) is 9.71. The van der Waals surface area contributed by atoms with E-state index in [0.29, 0.717) is 18.4 Å². The predicted molar refractivity (Wildman–Crippen MR) is 66.5 cm³/mol. The second-order valence-electron chi connectivity index (χ2n) is 4.13. The maximum Gasteiger partial charge on any atom is 0.121 e. The highest BCUT2D eigenvalue weighted by Gasteiger charge is 2.23. The zero-order chi connectivity index (χ0) is 12.0. The Balaban J connectivity index is 2.38. The van der Waals surface area contributed by atoms with Crippen LogP contribution in [0.5, 0.6) is 0 Å². The number of nitrogens with two attached hydrogens (primary N) is 1. The largest absolute Gasteiger partial charge is 0.393 e. The second kappa shape index (κ2) is 6.40. The molecule has 5 nitrogen and oxygen atoms in total. The molecule has 16 heavy (non-hydrogen) atoms. The predicted octanol–water partition coefficient (Wildman–Crippen LogP) is 0.218. The van der Waals surface area contributed by atoms with Gasteiger partial charge in [0.05, 0.1) is 12.8 Å². The van der Waals surface area contributed by atoms with Gasteiger partial charge >= 0.3 is 0 Å². The van der Waals surface area contributed by atoms with Gasteiger partial charge in [0.2, 0.25) is 0 Å². The molecule has 1 rings (SSSR count). The fourth-order valence-corrected chi connectivity index (χ4v) is 1.71. The van der Waals surface area contributed by atoms with E-state index >= 15 is 0 Å². The number of hydrogen-bond acceptors (Lipinski definition) is 4. The molecule has 0 aromatic rings. The minimum Gasteiger partial charge on any atom is -0.393 e. The maximum atomic E-state index is 9.57. The summed E-state index contributed by atoms with van der Waals surface area (Å²) in [6, 6.07) is 0. The van der Waals surface area contributed by atoms with Crippen molar-refractivity contribution >= 4 is 12.6 Å². The molecule has 90 valence electrons. The smallest absolute Gasteiger partial charge is 0.121 e. The van der Waals surface area contributed by atoms with Crippen LogP contribution in [-0.2, 0) is 0 Å². The van der Waals surface area contributed by atoms with Crippen LogP contribution < -0.4 is 5.73 Å². The van der Waals surface area contributed by atoms with E-state index in [9.17, 15) is 5.11 Å². The fraction of sp³-hybridized carbons (Fsp3) is 0.636. The lowest BCUT2D eigenvalue weighted by Crippen LogP contribution is -2.42. The van der Waals surface area contributed by atoms with Crippen LogP contribution in [0.3, 0.4) is 0 Å². The molecule has 0 radical (unpaired) electrons. The lowest BCUT2D eigenvalue weighted by Gasteiger charge is -2.33. The molecule has 2 atom stereocenters. The third kappa shape index (κ3) is 4.12. The molecule has 1 saturated heterocycles. The molecule has 0 bridgehead atoms. The Bertz CT molecular complexity index is 288. The first kappa shape index (κ1) is 12.9. The number of nitrogens with zero attached hydrogens (tertiary/aromatic N) is 3. The molecule has 2 unspecified atom stereocenters. The molecule has 1 fully saturated rings. The summed E-state index contributed by atoms with van der Waals surface area (Å²) in [5.74, 6) is 0.752. The fourth-order valence-electron chi connectivity index (χ4n) is 1.71. The number of rotatable bonds is 4. The van der Waals surface area contributed by atoms with Crippen molar-refractivity contribution in [2.75, 3.05) is 19.8 Å². The Hall–Kier alpha value is -1.20. The molecular weight excluding hydrogens is 204 g/mol. The highest BCUT2D eigenvalue weighted by Crippen LogP contribution is 2.15. The van der Waals surface area contributed by atoms with Crippen molar-refractivity contribution in [1.82, 2.24) is 4.90 Å². The van der Waals surface area contributed by atoms with E-state index in [1.54, 1.807) is 6.08 Å². The van der Waals surface area contributed by atoms with Crippen molar-refractivity contribution in [2.45, 2.75) is 19.4 Å². The molecule has 1 heterocycles. The normalized spacial score (nSPS) is 28.5. The van der Waals surface area contributed by atoms with Crippen LogP contribution >= 0.6 is 0 Å². The number of likely N-dealkylation sites (tertiary alicyclic amines) is 1. The van der Waals surface area contributed by atoms with Crippen molar-refractivity contribution in [2.24, 2.45) is 21.6 Å². The van der Waals surface area contributed by atoms with Gasteiger partial charge in [-0.15, -0.1) is 0 Å². The number of hydrogen-bond donors (Lipinski definition) is 2. The van der Waals surface area contributed by atoms with Crippen molar-refractivity contribution in [3.63, 3.8) is 0 Å². The first-order chi connectivity index (χ1) is 7.63. The highest BCUT2D eigenvalue weighted by atomic mass is 16.3. The quantitative estimate of drug-likeness (QED) is 0.530. The molecule has 3 N–H and O–H groups in total. The van der Waals surface area contributed by atoms with Crippen LogP contribution in [0, 0.1) is 5.92 Å². The van der Waals surface area contributed by atoms with Gasteiger partial charge in [-0.05, 0) is 25.1 Å². The summed E-state index contributed by atoms with van der Waals surface area (Å²) in [5, 5.41) is 9.57. The lowest BCUT2D eigenvalue weighted by molar-refractivity contribution is 0.0364. The summed E-state index contributed by atoms with van der Waals surface area (Å²) >= 11 is 0. The molecular formula is C11H20N4O. The molecule has 5 heteroatoms. The molecule has 0 amide bonds. The molecule has 1 aliphatic rings. The van der Waals surface area contributed by atoms with E-state index in [0.717, 1.165) is 19.5 Å². The molecule has 0 spiro atoms. The summed E-state index contributed by atoms with van der Waals surface area (Å²) in [6.07, 6.45) is 3.76. The first-order valence-electron chi connectivity index (χ1n) is 5.46. The van der Waals surface area contributed by atoms with Crippen LogP contribution in [0.4, 0.5) is 0 Å². The van der Waals surface area contributed by atoms with E-state index in [4.69, 9.17) is 5.73 Å². The van der Waals surface area contributed by atoms with Crippen molar-refractivity contribution < 1.29 is 5.11 Å². The average Bonchev–Trinajstić information content (AvgIpc) is 2.28. The van der Waals surface area contributed by atoms with Gasteiger partial charge in [-0.3, -0.25) is 14.9 Å². The SMILES string of the molecule is C=N/C=C\C(N)=N/CN1CCC(O)C(C)C1. The van der Waals surface area contributed by atoms with Crippen LogP contribution in [0.25, 0.3) is 0 Å². The topological polar surface area (TPSA) is 74.2 Å². The molecule has 0 aromatic carbocycles. The van der Waals surface area contributed by atoms with E-state index in [2.05, 4.69) is 21.6 Å². The number of aliphatic hydroxyl groups excluding tert-OH is 1. The van der Waals surface area contributed by atoms with Gasteiger partial charge in [-0.1, -0.05) is 6.92 Å². The Morgan fingerprint density at radius 1 is 1.69 bits per heavy atom. The van der Waals surface area contributed by atoms with Crippen molar-refractivity contribution in [1.29, 1.82) is 0 Å².